The normalized spacial score (nSPS) is 11.2. The van der Waals surface area contributed by atoms with Crippen LogP contribution < -0.4 is 16.0 Å². The van der Waals surface area contributed by atoms with Gasteiger partial charge in [-0.2, -0.15) is 0 Å². The van der Waals surface area contributed by atoms with Crippen molar-refractivity contribution in [3.05, 3.63) is 88.8 Å². The number of rotatable bonds is 7. The average Bonchev–Trinajstić information content (AvgIpc) is 3.27. The van der Waals surface area contributed by atoms with Crippen molar-refractivity contribution in [2.24, 2.45) is 4.99 Å². The Morgan fingerprint density at radius 1 is 1.03 bits per heavy atom. The summed E-state index contributed by atoms with van der Waals surface area (Å²) in [6, 6.07) is 18.6. The smallest absolute Gasteiger partial charge is 0.291 e. The molecule has 1 amide bonds. The van der Waals surface area contributed by atoms with Crippen LogP contribution in [0.25, 0.3) is 0 Å². The molecule has 0 radical (unpaired) electrons. The fourth-order valence-electron chi connectivity index (χ4n) is 2.65. The third-order valence-corrected chi connectivity index (χ3v) is 4.32. The fraction of sp³-hybridized carbons (Fsp3) is 0.182. The summed E-state index contributed by atoms with van der Waals surface area (Å²) in [6.45, 7) is 3.89. The number of hydrogen-bond donors (Lipinski definition) is 3. The number of anilines is 1. The van der Waals surface area contributed by atoms with E-state index in [1.54, 1.807) is 12.1 Å². The molecule has 0 bridgehead atoms. The zero-order chi connectivity index (χ0) is 20.5. The minimum absolute atomic E-state index is 0.272. The molecule has 0 aliphatic heterocycles. The molecule has 1 aromatic heterocycles. The van der Waals surface area contributed by atoms with Gasteiger partial charge in [-0.3, -0.25) is 4.79 Å². The molecule has 0 spiro atoms. The summed E-state index contributed by atoms with van der Waals surface area (Å²) >= 11 is 5.93. The highest BCUT2D eigenvalue weighted by molar-refractivity contribution is 6.30. The highest BCUT2D eigenvalue weighted by atomic mass is 35.5. The number of halogens is 1. The first-order chi connectivity index (χ1) is 14.1. The van der Waals surface area contributed by atoms with Crippen LogP contribution in [-0.4, -0.2) is 18.4 Å². The van der Waals surface area contributed by atoms with Crippen LogP contribution in [0.15, 0.2) is 76.3 Å². The molecular weight excluding hydrogens is 388 g/mol. The first-order valence-electron chi connectivity index (χ1n) is 9.34. The number of nitrogens with zero attached hydrogens (tertiary/aromatic N) is 1. The molecule has 29 heavy (non-hydrogen) atoms. The van der Waals surface area contributed by atoms with Crippen molar-refractivity contribution < 1.29 is 9.21 Å². The summed E-state index contributed by atoms with van der Waals surface area (Å²) in [6.07, 6.45) is 1.47. The van der Waals surface area contributed by atoms with E-state index >= 15 is 0 Å². The largest absolute Gasteiger partial charge is 0.459 e. The van der Waals surface area contributed by atoms with E-state index in [4.69, 9.17) is 16.0 Å². The second-order valence-corrected chi connectivity index (χ2v) is 6.74. The van der Waals surface area contributed by atoms with Crippen molar-refractivity contribution in [1.82, 2.24) is 10.6 Å². The third-order valence-electron chi connectivity index (χ3n) is 4.07. The molecule has 2 aromatic carbocycles. The molecule has 3 rings (SSSR count). The number of amides is 1. The number of carbonyl (C=O) groups is 1. The van der Waals surface area contributed by atoms with Gasteiger partial charge in [0.1, 0.15) is 0 Å². The molecule has 3 N–H and O–H groups in total. The summed E-state index contributed by atoms with van der Waals surface area (Å²) < 4.78 is 5.12. The molecule has 0 saturated heterocycles. The molecule has 6 nitrogen and oxygen atoms in total. The van der Waals surface area contributed by atoms with Crippen LogP contribution in [0.3, 0.4) is 0 Å². The predicted octanol–water partition coefficient (Wildman–Crippen LogP) is 4.44. The average molecular weight is 411 g/mol. The van der Waals surface area contributed by atoms with Gasteiger partial charge >= 0.3 is 0 Å². The quantitative estimate of drug-likeness (QED) is 0.397. The van der Waals surface area contributed by atoms with Gasteiger partial charge in [-0.25, -0.2) is 4.99 Å². The number of hydrogen-bond acceptors (Lipinski definition) is 3. The Labute approximate surface area is 175 Å². The second kappa shape index (κ2) is 10.3. The van der Waals surface area contributed by atoms with E-state index in [2.05, 4.69) is 20.9 Å². The maximum atomic E-state index is 12.1. The van der Waals surface area contributed by atoms with Crippen molar-refractivity contribution in [2.45, 2.75) is 20.0 Å². The van der Waals surface area contributed by atoms with Gasteiger partial charge in [0, 0.05) is 23.8 Å². The van der Waals surface area contributed by atoms with E-state index in [0.717, 1.165) is 17.7 Å². The first kappa shape index (κ1) is 20.5. The molecule has 7 heteroatoms. The minimum atomic E-state index is -0.284. The predicted molar refractivity (Wildman–Crippen MR) is 116 cm³/mol. The standard InChI is InChI=1S/C22H23ClN4O2/c1-2-24-22(25-14-16-8-10-18(23)11-9-16)26-15-17-5-3-6-19(13-17)27-21(28)20-7-4-12-29-20/h3-13H,2,14-15H2,1H3,(H,27,28)(H2,24,25,26). The Morgan fingerprint density at radius 2 is 1.86 bits per heavy atom. The maximum Gasteiger partial charge on any atom is 0.291 e. The first-order valence-corrected chi connectivity index (χ1v) is 9.72. The molecule has 0 saturated carbocycles. The van der Waals surface area contributed by atoms with Gasteiger partial charge in [0.25, 0.3) is 5.91 Å². The molecule has 0 unspecified atom stereocenters. The van der Waals surface area contributed by atoms with Crippen LogP contribution in [0.1, 0.15) is 28.6 Å². The zero-order valence-corrected chi connectivity index (χ0v) is 16.9. The topological polar surface area (TPSA) is 78.7 Å². The van der Waals surface area contributed by atoms with E-state index in [9.17, 15) is 4.79 Å². The van der Waals surface area contributed by atoms with Crippen molar-refractivity contribution in [1.29, 1.82) is 0 Å². The molecule has 150 valence electrons. The second-order valence-electron chi connectivity index (χ2n) is 6.31. The maximum absolute atomic E-state index is 12.1. The summed E-state index contributed by atoms with van der Waals surface area (Å²) in [5.74, 6) is 0.704. The Balaban J connectivity index is 1.61. The Morgan fingerprint density at radius 3 is 2.59 bits per heavy atom. The van der Waals surface area contributed by atoms with Crippen molar-refractivity contribution >= 4 is 29.2 Å². The van der Waals surface area contributed by atoms with Crippen molar-refractivity contribution in [3.63, 3.8) is 0 Å². The summed E-state index contributed by atoms with van der Waals surface area (Å²) in [5.41, 5.74) is 2.78. The van der Waals surface area contributed by atoms with Gasteiger partial charge in [-0.05, 0) is 54.4 Å². The fourth-order valence-corrected chi connectivity index (χ4v) is 2.77. The number of aliphatic imine (C=N–C) groups is 1. The highest BCUT2D eigenvalue weighted by Crippen LogP contribution is 2.14. The SMILES string of the molecule is CCNC(=NCc1cccc(NC(=O)c2ccco2)c1)NCc1ccc(Cl)cc1. The highest BCUT2D eigenvalue weighted by Gasteiger charge is 2.08. The third kappa shape index (κ3) is 6.40. The van der Waals surface area contributed by atoms with Gasteiger partial charge < -0.3 is 20.4 Å². The van der Waals surface area contributed by atoms with Crippen LogP contribution >= 0.6 is 11.6 Å². The Bertz CT molecular complexity index is 953. The molecular formula is C22H23ClN4O2. The lowest BCUT2D eigenvalue weighted by molar-refractivity contribution is 0.0996. The lowest BCUT2D eigenvalue weighted by Crippen LogP contribution is -2.36. The molecule has 0 aliphatic carbocycles. The van der Waals surface area contributed by atoms with Gasteiger partial charge in [0.15, 0.2) is 11.7 Å². The minimum Gasteiger partial charge on any atom is -0.459 e. The zero-order valence-electron chi connectivity index (χ0n) is 16.1. The lowest BCUT2D eigenvalue weighted by Gasteiger charge is -2.12. The number of carbonyl (C=O) groups excluding carboxylic acids is 1. The molecule has 0 aliphatic rings. The van der Waals surface area contributed by atoms with Crippen LogP contribution in [0, 0.1) is 0 Å². The van der Waals surface area contributed by atoms with Crippen LogP contribution in [0.5, 0.6) is 0 Å². The number of benzene rings is 2. The summed E-state index contributed by atoms with van der Waals surface area (Å²) in [7, 11) is 0. The van der Waals surface area contributed by atoms with Gasteiger partial charge in [0.2, 0.25) is 0 Å². The van der Waals surface area contributed by atoms with Gasteiger partial charge in [-0.15, -0.1) is 0 Å². The molecule has 1 heterocycles. The Kier molecular flexibility index (Phi) is 7.30. The van der Waals surface area contributed by atoms with Crippen LogP contribution in [0.4, 0.5) is 5.69 Å². The van der Waals surface area contributed by atoms with E-state index in [0.29, 0.717) is 29.8 Å². The molecule has 3 aromatic rings. The Hall–Kier alpha value is -3.25. The van der Waals surface area contributed by atoms with Gasteiger partial charge in [0.05, 0.1) is 12.8 Å². The van der Waals surface area contributed by atoms with E-state index in [-0.39, 0.29) is 11.7 Å². The molecule has 0 fully saturated rings. The lowest BCUT2D eigenvalue weighted by atomic mass is 10.2. The van der Waals surface area contributed by atoms with E-state index in [1.807, 2.05) is 55.5 Å². The van der Waals surface area contributed by atoms with E-state index < -0.39 is 0 Å². The van der Waals surface area contributed by atoms with Crippen molar-refractivity contribution in [2.75, 3.05) is 11.9 Å². The number of furan rings is 1. The van der Waals surface area contributed by atoms with Crippen LogP contribution in [0.2, 0.25) is 5.02 Å². The van der Waals surface area contributed by atoms with E-state index in [1.165, 1.54) is 6.26 Å². The van der Waals surface area contributed by atoms with Gasteiger partial charge in [-0.1, -0.05) is 35.9 Å². The van der Waals surface area contributed by atoms with Crippen molar-refractivity contribution in [3.8, 4) is 0 Å². The summed E-state index contributed by atoms with van der Waals surface area (Å²) in [5, 5.41) is 10.1. The van der Waals surface area contributed by atoms with Crippen LogP contribution in [-0.2, 0) is 13.1 Å². The number of guanidine groups is 1. The monoisotopic (exact) mass is 410 g/mol. The molecule has 0 atom stereocenters. The summed E-state index contributed by atoms with van der Waals surface area (Å²) in [4.78, 5) is 16.7. The number of nitrogens with one attached hydrogen (secondary N) is 3.